The van der Waals surface area contributed by atoms with Gasteiger partial charge in [0.1, 0.15) is 6.10 Å². The molecule has 1 aliphatic heterocycles. The maximum Gasteiger partial charge on any atom is 0.336 e. The van der Waals surface area contributed by atoms with Crippen LogP contribution in [0.15, 0.2) is 12.2 Å². The fourth-order valence-electron chi connectivity index (χ4n) is 0.891. The van der Waals surface area contributed by atoms with E-state index in [0.717, 1.165) is 0 Å². The summed E-state index contributed by atoms with van der Waals surface area (Å²) in [5.74, 6) is -0.346. The predicted molar refractivity (Wildman–Crippen MR) is 40.1 cm³/mol. The van der Waals surface area contributed by atoms with Gasteiger partial charge in [-0.25, -0.2) is 4.79 Å². The van der Waals surface area contributed by atoms with Crippen LogP contribution in [0.4, 0.5) is 0 Å². The highest BCUT2D eigenvalue weighted by molar-refractivity contribution is 5.89. The fraction of sp³-hybridized carbons (Fsp3) is 0.625. The van der Waals surface area contributed by atoms with Crippen molar-refractivity contribution in [3.05, 3.63) is 12.2 Å². The normalized spacial score (nSPS) is 27.8. The molecule has 0 bridgehead atoms. The number of carbonyl (C=O) groups is 1. The third kappa shape index (κ3) is 1.80. The molecule has 1 fully saturated rings. The van der Waals surface area contributed by atoms with Crippen molar-refractivity contribution >= 4 is 5.97 Å². The lowest BCUT2D eigenvalue weighted by Gasteiger charge is -2.00. The number of esters is 1. The Morgan fingerprint density at radius 3 is 2.64 bits per heavy atom. The first-order valence-corrected chi connectivity index (χ1v) is 3.68. The van der Waals surface area contributed by atoms with Gasteiger partial charge in [-0.05, 0) is 13.8 Å². The molecule has 0 N–H and O–H groups in total. The summed E-state index contributed by atoms with van der Waals surface area (Å²) in [5.41, 5.74) is 0.430. The second kappa shape index (κ2) is 3.05. The van der Waals surface area contributed by atoms with E-state index in [1.54, 1.807) is 6.92 Å². The molecule has 0 aliphatic carbocycles. The van der Waals surface area contributed by atoms with Gasteiger partial charge in [0.2, 0.25) is 0 Å². The molecule has 0 aromatic heterocycles. The standard InChI is InChI=1S/C8H12O3/c1-4-10-8(9)5(2)7-6(3)11-7/h6-7H,2,4H2,1,3H3/t6-,7-/m1/s1. The minimum atomic E-state index is -0.346. The van der Waals surface area contributed by atoms with E-state index in [9.17, 15) is 4.79 Å². The van der Waals surface area contributed by atoms with Gasteiger partial charge < -0.3 is 9.47 Å². The lowest BCUT2D eigenvalue weighted by molar-refractivity contribution is -0.138. The molecule has 1 saturated heterocycles. The molecule has 2 atom stereocenters. The third-order valence-electron chi connectivity index (χ3n) is 1.59. The van der Waals surface area contributed by atoms with Gasteiger partial charge in [0.05, 0.1) is 18.3 Å². The van der Waals surface area contributed by atoms with E-state index in [0.29, 0.717) is 12.2 Å². The first-order chi connectivity index (χ1) is 5.16. The maximum absolute atomic E-state index is 11.0. The number of hydrogen-bond acceptors (Lipinski definition) is 3. The highest BCUT2D eigenvalue weighted by Gasteiger charge is 2.39. The van der Waals surface area contributed by atoms with Crippen LogP contribution in [-0.4, -0.2) is 24.8 Å². The number of ether oxygens (including phenoxy) is 2. The molecule has 0 spiro atoms. The SMILES string of the molecule is C=C(C(=O)OCC)[C@H]1O[C@@H]1C. The molecule has 3 nitrogen and oxygen atoms in total. The van der Waals surface area contributed by atoms with Crippen LogP contribution in [0.5, 0.6) is 0 Å². The average molecular weight is 156 g/mol. The van der Waals surface area contributed by atoms with Gasteiger partial charge in [-0.2, -0.15) is 0 Å². The number of hydrogen-bond donors (Lipinski definition) is 0. The quantitative estimate of drug-likeness (QED) is 0.346. The molecule has 0 aromatic carbocycles. The van der Waals surface area contributed by atoms with Crippen molar-refractivity contribution in [2.45, 2.75) is 26.1 Å². The van der Waals surface area contributed by atoms with E-state index < -0.39 is 0 Å². The summed E-state index contributed by atoms with van der Waals surface area (Å²) in [6.45, 7) is 7.64. The first-order valence-electron chi connectivity index (χ1n) is 3.68. The van der Waals surface area contributed by atoms with Gasteiger partial charge in [0.25, 0.3) is 0 Å². The van der Waals surface area contributed by atoms with Crippen LogP contribution in [0.25, 0.3) is 0 Å². The average Bonchev–Trinajstić information content (AvgIpc) is 2.66. The van der Waals surface area contributed by atoms with Crippen molar-refractivity contribution in [2.75, 3.05) is 6.61 Å². The van der Waals surface area contributed by atoms with Gasteiger partial charge in [-0.1, -0.05) is 6.58 Å². The van der Waals surface area contributed by atoms with Gasteiger partial charge in [-0.15, -0.1) is 0 Å². The second-order valence-electron chi connectivity index (χ2n) is 2.51. The first kappa shape index (κ1) is 8.27. The summed E-state index contributed by atoms with van der Waals surface area (Å²) in [7, 11) is 0. The monoisotopic (exact) mass is 156 g/mol. The zero-order valence-electron chi connectivity index (χ0n) is 6.79. The van der Waals surface area contributed by atoms with Crippen molar-refractivity contribution in [1.82, 2.24) is 0 Å². The van der Waals surface area contributed by atoms with Crippen LogP contribution in [0, 0.1) is 0 Å². The van der Waals surface area contributed by atoms with E-state index in [-0.39, 0.29) is 18.2 Å². The Hall–Kier alpha value is -0.830. The molecule has 62 valence electrons. The van der Waals surface area contributed by atoms with Crippen LogP contribution in [0.2, 0.25) is 0 Å². The van der Waals surface area contributed by atoms with Gasteiger partial charge in [-0.3, -0.25) is 0 Å². The van der Waals surface area contributed by atoms with Crippen molar-refractivity contribution < 1.29 is 14.3 Å². The van der Waals surface area contributed by atoms with Crippen LogP contribution in [0.3, 0.4) is 0 Å². The lowest BCUT2D eigenvalue weighted by Crippen LogP contribution is -2.11. The summed E-state index contributed by atoms with van der Waals surface area (Å²) in [6.07, 6.45) is 0.0287. The van der Waals surface area contributed by atoms with Crippen molar-refractivity contribution in [2.24, 2.45) is 0 Å². The maximum atomic E-state index is 11.0. The van der Waals surface area contributed by atoms with E-state index in [1.165, 1.54) is 0 Å². The molecule has 11 heavy (non-hydrogen) atoms. The van der Waals surface area contributed by atoms with E-state index in [4.69, 9.17) is 9.47 Å². The molecule has 1 rings (SSSR count). The summed E-state index contributed by atoms with van der Waals surface area (Å²) >= 11 is 0. The highest BCUT2D eigenvalue weighted by atomic mass is 16.6. The molecule has 1 heterocycles. The topological polar surface area (TPSA) is 38.8 Å². The Morgan fingerprint density at radius 2 is 2.27 bits per heavy atom. The summed E-state index contributed by atoms with van der Waals surface area (Å²) in [5, 5.41) is 0. The van der Waals surface area contributed by atoms with Gasteiger partial charge >= 0.3 is 5.97 Å². The Morgan fingerprint density at radius 1 is 1.73 bits per heavy atom. The van der Waals surface area contributed by atoms with Gasteiger partial charge in [0, 0.05) is 0 Å². The highest BCUT2D eigenvalue weighted by Crippen LogP contribution is 2.27. The molecule has 0 radical (unpaired) electrons. The molecular weight excluding hydrogens is 144 g/mol. The van der Waals surface area contributed by atoms with Crippen LogP contribution in [-0.2, 0) is 14.3 Å². The van der Waals surface area contributed by atoms with Crippen molar-refractivity contribution in [3.63, 3.8) is 0 Å². The predicted octanol–water partition coefficient (Wildman–Crippen LogP) is 0.893. The second-order valence-corrected chi connectivity index (χ2v) is 2.51. The van der Waals surface area contributed by atoms with Crippen LogP contribution >= 0.6 is 0 Å². The molecule has 0 saturated carbocycles. The van der Waals surface area contributed by atoms with E-state index in [1.807, 2.05) is 6.92 Å². The largest absolute Gasteiger partial charge is 0.463 e. The third-order valence-corrected chi connectivity index (χ3v) is 1.59. The number of epoxide rings is 1. The molecule has 0 unspecified atom stereocenters. The molecule has 3 heteroatoms. The zero-order chi connectivity index (χ0) is 8.43. The van der Waals surface area contributed by atoms with E-state index >= 15 is 0 Å². The Labute approximate surface area is 66.0 Å². The minimum Gasteiger partial charge on any atom is -0.463 e. The number of carbonyl (C=O) groups excluding carboxylic acids is 1. The van der Waals surface area contributed by atoms with E-state index in [2.05, 4.69) is 6.58 Å². The molecule has 1 aliphatic rings. The fourth-order valence-corrected chi connectivity index (χ4v) is 0.891. The summed E-state index contributed by atoms with van der Waals surface area (Å²) in [4.78, 5) is 11.0. The summed E-state index contributed by atoms with van der Waals surface area (Å²) in [6, 6.07) is 0. The number of rotatable bonds is 3. The van der Waals surface area contributed by atoms with Gasteiger partial charge in [0.15, 0.2) is 0 Å². The van der Waals surface area contributed by atoms with Crippen LogP contribution < -0.4 is 0 Å². The van der Waals surface area contributed by atoms with Crippen molar-refractivity contribution in [1.29, 1.82) is 0 Å². The van der Waals surface area contributed by atoms with Crippen LogP contribution in [0.1, 0.15) is 13.8 Å². The Kier molecular flexibility index (Phi) is 2.29. The Bertz CT molecular complexity index is 186. The molecule has 0 amide bonds. The minimum absolute atomic E-state index is 0.103. The zero-order valence-corrected chi connectivity index (χ0v) is 6.79. The molecular formula is C8H12O3. The van der Waals surface area contributed by atoms with Crippen molar-refractivity contribution in [3.8, 4) is 0 Å². The Balaban J connectivity index is 2.36. The lowest BCUT2D eigenvalue weighted by atomic mass is 10.2. The smallest absolute Gasteiger partial charge is 0.336 e. The summed E-state index contributed by atoms with van der Waals surface area (Å²) < 4.78 is 9.78. The molecule has 0 aromatic rings.